The molecule has 0 radical (unpaired) electrons. The summed E-state index contributed by atoms with van der Waals surface area (Å²) in [5.74, 6) is -0.312. The van der Waals surface area contributed by atoms with E-state index in [1.54, 1.807) is 25.2 Å². The molecule has 0 aromatic heterocycles. The van der Waals surface area contributed by atoms with Gasteiger partial charge in [0.05, 0.1) is 0 Å². The van der Waals surface area contributed by atoms with Crippen LogP contribution in [0.4, 0.5) is 0 Å². The van der Waals surface area contributed by atoms with Crippen LogP contribution in [0.25, 0.3) is 0 Å². The van der Waals surface area contributed by atoms with E-state index in [2.05, 4.69) is 0 Å². The van der Waals surface area contributed by atoms with Crippen LogP contribution in [0, 0.1) is 0 Å². The molecule has 0 saturated carbocycles. The van der Waals surface area contributed by atoms with Crippen molar-refractivity contribution >= 4 is 11.9 Å². The number of allylic oxidation sites excluding steroid dienone is 2. The van der Waals surface area contributed by atoms with E-state index in [1.807, 2.05) is 39.5 Å². The summed E-state index contributed by atoms with van der Waals surface area (Å²) in [5.41, 5.74) is -0.724. The van der Waals surface area contributed by atoms with Crippen molar-refractivity contribution < 1.29 is 14.3 Å². The van der Waals surface area contributed by atoms with Gasteiger partial charge in [-0.25, -0.2) is 4.79 Å². The van der Waals surface area contributed by atoms with Gasteiger partial charge in [-0.05, 0) is 47.6 Å². The average molecular weight is 293 g/mol. The quantitative estimate of drug-likeness (QED) is 0.593. The maximum absolute atomic E-state index is 12.4. The second-order valence-electron chi connectivity index (χ2n) is 6.77. The Morgan fingerprint density at radius 1 is 1.00 bits per heavy atom. The predicted octanol–water partition coefficient (Wildman–Crippen LogP) is 3.23. The maximum Gasteiger partial charge on any atom is 0.330 e. The predicted molar refractivity (Wildman–Crippen MR) is 83.7 cm³/mol. The van der Waals surface area contributed by atoms with Crippen LogP contribution in [0.15, 0.2) is 24.3 Å². The number of piperidine rings is 1. The molecule has 1 aliphatic rings. The molecule has 118 valence electrons. The van der Waals surface area contributed by atoms with Crippen molar-refractivity contribution in [3.05, 3.63) is 24.3 Å². The van der Waals surface area contributed by atoms with E-state index in [9.17, 15) is 9.59 Å². The van der Waals surface area contributed by atoms with Crippen molar-refractivity contribution in [2.45, 2.75) is 71.6 Å². The lowest BCUT2D eigenvalue weighted by molar-refractivity contribution is -0.161. The largest absolute Gasteiger partial charge is 0.459 e. The topological polar surface area (TPSA) is 46.6 Å². The van der Waals surface area contributed by atoms with Gasteiger partial charge in [0, 0.05) is 30.0 Å². The first-order valence-corrected chi connectivity index (χ1v) is 7.44. The van der Waals surface area contributed by atoms with Crippen LogP contribution in [0.5, 0.6) is 0 Å². The molecule has 4 nitrogen and oxygen atoms in total. The van der Waals surface area contributed by atoms with Crippen molar-refractivity contribution in [3.63, 3.8) is 0 Å². The van der Waals surface area contributed by atoms with Gasteiger partial charge in [0.2, 0.25) is 5.91 Å². The molecule has 1 heterocycles. The highest BCUT2D eigenvalue weighted by molar-refractivity contribution is 5.89. The van der Waals surface area contributed by atoms with Crippen LogP contribution in [0.1, 0.15) is 54.4 Å². The van der Waals surface area contributed by atoms with Crippen LogP contribution >= 0.6 is 0 Å². The Balaban J connectivity index is 2.97. The molecule has 21 heavy (non-hydrogen) atoms. The van der Waals surface area contributed by atoms with Gasteiger partial charge in [0.1, 0.15) is 6.10 Å². The Hall–Kier alpha value is -1.58. The Morgan fingerprint density at radius 2 is 1.48 bits per heavy atom. The molecule has 0 bridgehead atoms. The van der Waals surface area contributed by atoms with Crippen molar-refractivity contribution in [1.82, 2.24) is 4.90 Å². The van der Waals surface area contributed by atoms with E-state index in [0.717, 1.165) is 0 Å². The number of hydrogen-bond donors (Lipinski definition) is 0. The van der Waals surface area contributed by atoms with Gasteiger partial charge in [-0.2, -0.15) is 0 Å². The fourth-order valence-electron chi connectivity index (χ4n) is 3.43. The number of hydrogen-bond acceptors (Lipinski definition) is 3. The van der Waals surface area contributed by atoms with Gasteiger partial charge in [-0.3, -0.25) is 4.79 Å². The normalized spacial score (nSPS) is 21.9. The molecule has 0 spiro atoms. The molecule has 4 heteroatoms. The summed E-state index contributed by atoms with van der Waals surface area (Å²) in [6, 6.07) is 0. The Labute approximate surface area is 127 Å². The summed E-state index contributed by atoms with van der Waals surface area (Å²) in [7, 11) is 0. The van der Waals surface area contributed by atoms with Gasteiger partial charge in [0.25, 0.3) is 0 Å². The summed E-state index contributed by atoms with van der Waals surface area (Å²) in [4.78, 5) is 25.9. The van der Waals surface area contributed by atoms with Crippen LogP contribution in [-0.4, -0.2) is 34.0 Å². The van der Waals surface area contributed by atoms with Gasteiger partial charge >= 0.3 is 5.97 Å². The van der Waals surface area contributed by atoms with E-state index >= 15 is 0 Å². The highest BCUT2D eigenvalue weighted by Crippen LogP contribution is 2.39. The monoisotopic (exact) mass is 293 g/mol. The maximum atomic E-state index is 12.4. The number of nitrogens with zero attached hydrogens (tertiary/aromatic N) is 1. The lowest BCUT2D eigenvalue weighted by atomic mass is 9.78. The number of carbonyl (C=O) groups excluding carboxylic acids is 2. The molecule has 1 aliphatic heterocycles. The van der Waals surface area contributed by atoms with Crippen molar-refractivity contribution in [1.29, 1.82) is 0 Å². The van der Waals surface area contributed by atoms with E-state index in [0.29, 0.717) is 12.8 Å². The number of ether oxygens (including phenoxy) is 1. The minimum Gasteiger partial charge on any atom is -0.459 e. The summed E-state index contributed by atoms with van der Waals surface area (Å²) in [6.45, 7) is 11.7. The van der Waals surface area contributed by atoms with Crippen LogP contribution < -0.4 is 0 Å². The molecule has 1 fully saturated rings. The number of esters is 1. The molecule has 0 unspecified atom stereocenters. The van der Waals surface area contributed by atoms with Crippen molar-refractivity contribution in [2.24, 2.45) is 0 Å². The lowest BCUT2D eigenvalue weighted by Gasteiger charge is -2.54. The second kappa shape index (κ2) is 6.46. The zero-order valence-corrected chi connectivity index (χ0v) is 14.0. The van der Waals surface area contributed by atoms with Gasteiger partial charge < -0.3 is 9.64 Å². The molecule has 0 aliphatic carbocycles. The molecule has 0 atom stereocenters. The molecular weight excluding hydrogens is 266 g/mol. The zero-order chi connectivity index (χ0) is 16.3. The van der Waals surface area contributed by atoms with Crippen molar-refractivity contribution in [3.8, 4) is 0 Å². The first kappa shape index (κ1) is 17.5. The molecule has 0 N–H and O–H groups in total. The molecular formula is C17H27NO3. The minimum absolute atomic E-state index is 0.00531. The Bertz CT molecular complexity index is 443. The van der Waals surface area contributed by atoms with E-state index in [4.69, 9.17) is 4.74 Å². The zero-order valence-electron chi connectivity index (χ0n) is 14.0. The average Bonchev–Trinajstić information content (AvgIpc) is 2.25. The number of rotatable bonds is 3. The van der Waals surface area contributed by atoms with Gasteiger partial charge in [-0.1, -0.05) is 12.2 Å². The molecule has 1 rings (SSSR count). The van der Waals surface area contributed by atoms with Gasteiger partial charge in [0.15, 0.2) is 0 Å². The fourth-order valence-corrected chi connectivity index (χ4v) is 3.43. The third-order valence-electron chi connectivity index (χ3n) is 3.78. The highest BCUT2D eigenvalue weighted by Gasteiger charge is 2.48. The fraction of sp³-hybridized carbons (Fsp3) is 0.647. The molecule has 1 amide bonds. The smallest absolute Gasteiger partial charge is 0.330 e. The van der Waals surface area contributed by atoms with Gasteiger partial charge in [-0.15, -0.1) is 0 Å². The Kier molecular flexibility index (Phi) is 5.37. The van der Waals surface area contributed by atoms with E-state index < -0.39 is 0 Å². The van der Waals surface area contributed by atoms with E-state index in [-0.39, 0.29) is 29.1 Å². The highest BCUT2D eigenvalue weighted by atomic mass is 16.5. The number of carbonyl (C=O) groups is 2. The first-order chi connectivity index (χ1) is 9.64. The molecule has 0 aromatic rings. The van der Waals surface area contributed by atoms with Crippen LogP contribution in [0.2, 0.25) is 0 Å². The standard InChI is InChI=1S/C17H27NO3/c1-7-9-14(19)18-16(3,4)11-13(12-17(18,5)6)21-15(20)10-8-2/h7-10,13H,11-12H2,1-6H3/b9-7+,10-8+. The molecule has 0 aromatic carbocycles. The first-order valence-electron chi connectivity index (χ1n) is 7.44. The second-order valence-corrected chi connectivity index (χ2v) is 6.77. The molecule has 1 saturated heterocycles. The third-order valence-corrected chi connectivity index (χ3v) is 3.78. The lowest BCUT2D eigenvalue weighted by Crippen LogP contribution is -2.64. The summed E-state index contributed by atoms with van der Waals surface area (Å²) in [6.07, 6.45) is 7.56. The minimum atomic E-state index is -0.362. The van der Waals surface area contributed by atoms with Crippen LogP contribution in [-0.2, 0) is 14.3 Å². The summed E-state index contributed by atoms with van der Waals surface area (Å²) < 4.78 is 5.51. The summed E-state index contributed by atoms with van der Waals surface area (Å²) in [5, 5.41) is 0. The number of amides is 1. The van der Waals surface area contributed by atoms with E-state index in [1.165, 1.54) is 6.08 Å². The van der Waals surface area contributed by atoms with Crippen molar-refractivity contribution in [2.75, 3.05) is 0 Å². The third kappa shape index (κ3) is 4.19. The Morgan fingerprint density at radius 3 is 1.90 bits per heavy atom. The summed E-state index contributed by atoms with van der Waals surface area (Å²) >= 11 is 0. The SMILES string of the molecule is C/C=C/C(=O)OC1CC(C)(C)N(C(=O)/C=C/C)C(C)(C)C1. The van der Waals surface area contributed by atoms with Crippen LogP contribution in [0.3, 0.4) is 0 Å². The number of likely N-dealkylation sites (tertiary alicyclic amines) is 1.